The van der Waals surface area contributed by atoms with Crippen molar-refractivity contribution in [3.63, 3.8) is 0 Å². The number of aliphatic hydroxyl groups is 1. The molecular weight excluding hydrogens is 751 g/mol. The zero-order valence-electron chi connectivity index (χ0n) is 27.7. The van der Waals surface area contributed by atoms with E-state index < -0.39 is 0 Å². The number of hydrogen-bond donors (Lipinski definition) is 1. The molecule has 1 N–H and O–H groups in total. The first-order valence-corrected chi connectivity index (χ1v) is 16.5. The number of thiophene rings is 1. The number of aromatic nitrogens is 1. The van der Waals surface area contributed by atoms with Gasteiger partial charge in [0, 0.05) is 42.6 Å². The second-order valence-electron chi connectivity index (χ2n) is 14.3. The normalized spacial score (nSPS) is 15.5. The number of aliphatic hydroxyl groups excluding tert-OH is 1. The molecule has 5 aromatic rings. The smallest absolute Gasteiger partial charge is 0.155 e. The second kappa shape index (κ2) is 13.3. The van der Waals surface area contributed by atoms with Gasteiger partial charge >= 0.3 is 0 Å². The van der Waals surface area contributed by atoms with Crippen molar-refractivity contribution < 1.29 is 34.6 Å². The van der Waals surface area contributed by atoms with E-state index in [1.807, 2.05) is 15.9 Å². The molecule has 239 valence electrons. The summed E-state index contributed by atoms with van der Waals surface area (Å²) in [6.45, 7) is 19.2. The van der Waals surface area contributed by atoms with E-state index in [9.17, 15) is 4.79 Å². The molecule has 3 nitrogen and oxygen atoms in total. The van der Waals surface area contributed by atoms with Crippen LogP contribution in [-0.4, -0.2) is 10.9 Å². The molecule has 0 amide bonds. The number of carbonyl (C=O) groups excluding carboxylic acids is 1. The summed E-state index contributed by atoms with van der Waals surface area (Å²) in [6, 6.07) is 20.6. The number of benzene rings is 3. The number of nitrogens with zero attached hydrogens (tertiary/aromatic N) is 1. The Morgan fingerprint density at radius 1 is 0.978 bits per heavy atom. The average Bonchev–Trinajstić information content (AvgIpc) is 3.30. The first-order valence-electron chi connectivity index (χ1n) is 15.6. The fourth-order valence-corrected chi connectivity index (χ4v) is 7.98. The van der Waals surface area contributed by atoms with Crippen molar-refractivity contribution in [3.05, 3.63) is 103 Å². The molecule has 2 heterocycles. The molecule has 1 radical (unpaired) electrons. The van der Waals surface area contributed by atoms with Crippen LogP contribution in [0.4, 0.5) is 0 Å². The fraction of sp³-hybridized carbons (Fsp3) is 0.350. The second-order valence-corrected chi connectivity index (χ2v) is 15.4. The maximum atomic E-state index is 10.0. The number of allylic oxidation sites excluding steroid dienone is 2. The van der Waals surface area contributed by atoms with Crippen molar-refractivity contribution in [3.8, 4) is 11.3 Å². The van der Waals surface area contributed by atoms with Crippen LogP contribution < -0.4 is 4.57 Å². The van der Waals surface area contributed by atoms with Gasteiger partial charge in [-0.3, -0.25) is 4.79 Å². The third-order valence-electron chi connectivity index (χ3n) is 9.12. The Labute approximate surface area is 286 Å². The van der Waals surface area contributed by atoms with Gasteiger partial charge in [0.1, 0.15) is 0 Å². The predicted molar refractivity (Wildman–Crippen MR) is 188 cm³/mol. The van der Waals surface area contributed by atoms with Gasteiger partial charge in [-0.2, -0.15) is 12.5 Å². The monoisotopic (exact) mass is 797 g/mol. The van der Waals surface area contributed by atoms with E-state index in [4.69, 9.17) is 5.11 Å². The number of fused-ring (bicyclic) bond motifs is 4. The molecule has 0 saturated heterocycles. The van der Waals surface area contributed by atoms with E-state index in [0.717, 1.165) is 5.56 Å². The Hall–Kier alpha value is -3.11. The molecule has 0 spiro atoms. The number of hydrogen-bond acceptors (Lipinski definition) is 3. The molecule has 0 aliphatic heterocycles. The minimum absolute atomic E-state index is 0. The topological polar surface area (TPSA) is 41.2 Å². The minimum Gasteiger partial charge on any atom is -0.512 e. The van der Waals surface area contributed by atoms with Gasteiger partial charge in [0.2, 0.25) is 0 Å². The van der Waals surface area contributed by atoms with Crippen LogP contribution in [0, 0.1) is 19.4 Å². The van der Waals surface area contributed by atoms with Gasteiger partial charge in [0.05, 0.1) is 17.6 Å². The molecule has 1 fully saturated rings. The maximum absolute atomic E-state index is 10.0. The van der Waals surface area contributed by atoms with E-state index >= 15 is 0 Å². The molecule has 0 bridgehead atoms. The summed E-state index contributed by atoms with van der Waals surface area (Å²) in [5.41, 5.74) is 6.81. The number of rotatable bonds is 3. The van der Waals surface area contributed by atoms with Crippen LogP contribution in [0.5, 0.6) is 0 Å². The van der Waals surface area contributed by atoms with Gasteiger partial charge in [-0.05, 0) is 84.7 Å². The average molecular weight is 797 g/mol. The van der Waals surface area contributed by atoms with Crippen molar-refractivity contribution in [1.29, 1.82) is 0 Å². The number of pyridine rings is 1. The van der Waals surface area contributed by atoms with Crippen LogP contribution in [0.2, 0.25) is 0 Å². The van der Waals surface area contributed by atoms with Crippen molar-refractivity contribution in [2.24, 2.45) is 5.41 Å². The van der Waals surface area contributed by atoms with E-state index in [1.54, 1.807) is 0 Å². The summed E-state index contributed by atoms with van der Waals surface area (Å²) in [7, 11) is 4.43. The van der Waals surface area contributed by atoms with Crippen LogP contribution in [0.25, 0.3) is 42.2 Å². The van der Waals surface area contributed by atoms with E-state index in [2.05, 4.69) is 109 Å². The largest absolute Gasteiger partial charge is 0.512 e. The molecule has 45 heavy (non-hydrogen) atoms. The summed E-state index contributed by atoms with van der Waals surface area (Å²) >= 11 is 1.91. The molecule has 1 aliphatic rings. The van der Waals surface area contributed by atoms with Crippen LogP contribution >= 0.6 is 11.3 Å². The van der Waals surface area contributed by atoms with Crippen molar-refractivity contribution in [1.82, 2.24) is 0 Å². The summed E-state index contributed by atoms with van der Waals surface area (Å²) in [4.78, 5) is 10.0. The first kappa shape index (κ1) is 34.8. The van der Waals surface area contributed by atoms with Gasteiger partial charge in [-0.25, -0.2) is 0 Å². The summed E-state index contributed by atoms with van der Waals surface area (Å²) in [5, 5.41) is 13.6. The Morgan fingerprint density at radius 2 is 1.62 bits per heavy atom. The van der Waals surface area contributed by atoms with Crippen LogP contribution in [0.3, 0.4) is 0 Å². The van der Waals surface area contributed by atoms with Crippen LogP contribution in [0.1, 0.15) is 96.8 Å². The van der Waals surface area contributed by atoms with Crippen molar-refractivity contribution >= 4 is 48.1 Å². The third kappa shape index (κ3) is 7.32. The van der Waals surface area contributed by atoms with E-state index in [1.165, 1.54) is 98.9 Å². The maximum Gasteiger partial charge on any atom is 0.155 e. The Morgan fingerprint density at radius 3 is 2.20 bits per heavy atom. The van der Waals surface area contributed by atoms with Gasteiger partial charge in [0.25, 0.3) is 0 Å². The standard InChI is InChI=1S/C35H38NS.C5H8O2.Ir/c1-22-25-10-8-9-11-26(25)30(34(2,3)4)21-29(22)32-33-28(16-19-36(32)7)27-13-12-24(20-31(27)37-33)23-14-17-35(5,6)18-15-23;1-4(6)3-5(2)7;/h8-13,16,19-21,23H,1,7,14-15,17-18H2,2-6H3;3,6H,1-2H3;/q-1;;/b;4-3-;. The molecule has 1 saturated carbocycles. The summed E-state index contributed by atoms with van der Waals surface area (Å²) in [5.74, 6) is 0.619. The van der Waals surface area contributed by atoms with Crippen molar-refractivity contribution in [2.75, 3.05) is 0 Å². The quantitative estimate of drug-likeness (QED) is 0.0855. The molecule has 3 aromatic carbocycles. The number of ketones is 1. The van der Waals surface area contributed by atoms with Gasteiger partial charge in [-0.1, -0.05) is 75.9 Å². The molecular formula is C40H46IrNO2S-. The molecule has 1 aliphatic carbocycles. The molecule has 0 atom stereocenters. The minimum atomic E-state index is -0.125. The fourth-order valence-electron chi connectivity index (χ4n) is 6.67. The van der Waals surface area contributed by atoms with Gasteiger partial charge in [-0.15, -0.1) is 34.4 Å². The van der Waals surface area contributed by atoms with E-state index in [-0.39, 0.29) is 37.1 Å². The zero-order chi connectivity index (χ0) is 32.0. The molecule has 0 unspecified atom stereocenters. The first-order chi connectivity index (χ1) is 20.7. The zero-order valence-corrected chi connectivity index (χ0v) is 30.9. The Balaban J connectivity index is 0.000000519. The third-order valence-corrected chi connectivity index (χ3v) is 10.3. The predicted octanol–water partition coefficient (Wildman–Crippen LogP) is 11.0. The summed E-state index contributed by atoms with van der Waals surface area (Å²) < 4.78 is 4.73. The SMILES string of the molecule is CC(=O)/C=C(/C)O.[CH2-]c1c(-c2c3sc4cc(C5CCC(C)(C)CC5)ccc4c3cc[n+]2[CH2-])cc(C(C)(C)C)c2ccccc12.[Ir]. The summed E-state index contributed by atoms with van der Waals surface area (Å²) in [6.07, 6.45) is 8.51. The van der Waals surface area contributed by atoms with Crippen molar-refractivity contribution in [2.45, 2.75) is 85.5 Å². The molecule has 6 rings (SSSR count). The van der Waals surface area contributed by atoms with Gasteiger partial charge in [0.15, 0.2) is 5.78 Å². The molecule has 5 heteroatoms. The van der Waals surface area contributed by atoms with Gasteiger partial charge < -0.3 is 9.67 Å². The Kier molecular flexibility index (Phi) is 10.3. The molecule has 2 aromatic heterocycles. The van der Waals surface area contributed by atoms with E-state index in [0.29, 0.717) is 11.3 Å². The van der Waals surface area contributed by atoms with Crippen LogP contribution in [-0.2, 0) is 30.3 Å². The Bertz CT molecular complexity index is 1890. The number of carbonyl (C=O) groups is 1. The van der Waals surface area contributed by atoms with Crippen LogP contribution in [0.15, 0.2) is 72.6 Å².